The number of nitrogens with zero attached hydrogens (tertiary/aromatic N) is 4. The standard InChI is InChI=1S/C22H25ClN4O2S2/c1-29-13-6-12-27-21(16-7-2-3-8-17(16)23)24-25-22(27)31-15-20(28)26-11-4-9-18(26)19-10-5-14-30-19/h2-3,5,7-8,10,14,18H,4,6,9,11-13,15H2,1H3. The van der Waals surface area contributed by atoms with Crippen LogP contribution in [-0.2, 0) is 16.1 Å². The fraction of sp³-hybridized carbons (Fsp3) is 0.409. The largest absolute Gasteiger partial charge is 0.385 e. The quantitative estimate of drug-likeness (QED) is 0.315. The van der Waals surface area contributed by atoms with Crippen LogP contribution >= 0.6 is 34.7 Å². The molecule has 1 aliphatic rings. The Morgan fingerprint density at radius 3 is 2.94 bits per heavy atom. The van der Waals surface area contributed by atoms with Gasteiger partial charge in [-0.1, -0.05) is 41.6 Å². The topological polar surface area (TPSA) is 60.2 Å². The average Bonchev–Trinajstić information content (AvgIpc) is 3.53. The van der Waals surface area contributed by atoms with Crippen molar-refractivity contribution in [3.63, 3.8) is 0 Å². The molecule has 4 rings (SSSR count). The first-order chi connectivity index (χ1) is 15.2. The van der Waals surface area contributed by atoms with Crippen molar-refractivity contribution in [1.29, 1.82) is 0 Å². The molecule has 0 spiro atoms. The first-order valence-corrected chi connectivity index (χ1v) is 12.6. The zero-order valence-electron chi connectivity index (χ0n) is 17.4. The number of ether oxygens (including phenoxy) is 1. The highest BCUT2D eigenvalue weighted by atomic mass is 35.5. The van der Waals surface area contributed by atoms with E-state index in [1.165, 1.54) is 16.6 Å². The minimum Gasteiger partial charge on any atom is -0.385 e. The zero-order chi connectivity index (χ0) is 21.6. The van der Waals surface area contributed by atoms with Crippen molar-refractivity contribution in [2.24, 2.45) is 0 Å². The Labute approximate surface area is 195 Å². The summed E-state index contributed by atoms with van der Waals surface area (Å²) in [6, 6.07) is 12.0. The van der Waals surface area contributed by atoms with E-state index in [-0.39, 0.29) is 11.9 Å². The van der Waals surface area contributed by atoms with Gasteiger partial charge in [0.15, 0.2) is 11.0 Å². The molecular formula is C22H25ClN4O2S2. The Kier molecular flexibility index (Phi) is 7.66. The van der Waals surface area contributed by atoms with Crippen molar-refractivity contribution in [2.45, 2.75) is 37.0 Å². The van der Waals surface area contributed by atoms with E-state index in [9.17, 15) is 4.79 Å². The van der Waals surface area contributed by atoms with Crippen molar-refractivity contribution < 1.29 is 9.53 Å². The van der Waals surface area contributed by atoms with Crippen LogP contribution in [-0.4, -0.2) is 51.6 Å². The highest BCUT2D eigenvalue weighted by Gasteiger charge is 2.30. The summed E-state index contributed by atoms with van der Waals surface area (Å²) in [5, 5.41) is 12.2. The number of carbonyl (C=O) groups is 1. The molecule has 1 unspecified atom stereocenters. The zero-order valence-corrected chi connectivity index (χ0v) is 19.8. The smallest absolute Gasteiger partial charge is 0.233 e. The molecule has 3 heterocycles. The summed E-state index contributed by atoms with van der Waals surface area (Å²) in [5.74, 6) is 1.20. The molecule has 3 aromatic rings. The van der Waals surface area contributed by atoms with Crippen LogP contribution < -0.4 is 0 Å². The second kappa shape index (κ2) is 10.6. The molecule has 31 heavy (non-hydrogen) atoms. The summed E-state index contributed by atoms with van der Waals surface area (Å²) in [7, 11) is 1.69. The summed E-state index contributed by atoms with van der Waals surface area (Å²) in [6.07, 6.45) is 2.89. The number of benzene rings is 1. The van der Waals surface area contributed by atoms with Gasteiger partial charge in [0, 0.05) is 37.2 Å². The lowest BCUT2D eigenvalue weighted by Gasteiger charge is -2.23. The number of hydrogen-bond donors (Lipinski definition) is 0. The molecule has 0 aliphatic carbocycles. The molecule has 1 aliphatic heterocycles. The van der Waals surface area contributed by atoms with Crippen molar-refractivity contribution >= 4 is 40.6 Å². The van der Waals surface area contributed by atoms with Gasteiger partial charge < -0.3 is 14.2 Å². The number of hydrogen-bond acceptors (Lipinski definition) is 6. The fourth-order valence-corrected chi connectivity index (χ4v) is 5.80. The summed E-state index contributed by atoms with van der Waals surface area (Å²) in [4.78, 5) is 16.3. The highest BCUT2D eigenvalue weighted by molar-refractivity contribution is 7.99. The van der Waals surface area contributed by atoms with E-state index in [4.69, 9.17) is 16.3 Å². The number of thioether (sulfide) groups is 1. The van der Waals surface area contributed by atoms with E-state index in [1.54, 1.807) is 18.4 Å². The van der Waals surface area contributed by atoms with Crippen LogP contribution in [0.5, 0.6) is 0 Å². The SMILES string of the molecule is COCCCn1c(SCC(=O)N2CCCC2c2cccs2)nnc1-c1ccccc1Cl. The van der Waals surface area contributed by atoms with E-state index in [0.717, 1.165) is 36.5 Å². The number of halogens is 1. The van der Waals surface area contributed by atoms with Crippen LogP contribution in [0.25, 0.3) is 11.4 Å². The Morgan fingerprint density at radius 1 is 1.29 bits per heavy atom. The van der Waals surface area contributed by atoms with Crippen LogP contribution in [0.15, 0.2) is 46.9 Å². The van der Waals surface area contributed by atoms with Crippen molar-refractivity contribution in [3.8, 4) is 11.4 Å². The van der Waals surface area contributed by atoms with E-state index >= 15 is 0 Å². The molecule has 1 fully saturated rings. The Hall–Kier alpha value is -1.87. The lowest BCUT2D eigenvalue weighted by Crippen LogP contribution is -2.31. The van der Waals surface area contributed by atoms with Gasteiger partial charge in [-0.2, -0.15) is 0 Å². The van der Waals surface area contributed by atoms with E-state index in [0.29, 0.717) is 29.8 Å². The van der Waals surface area contributed by atoms with E-state index in [1.807, 2.05) is 33.7 Å². The van der Waals surface area contributed by atoms with Crippen LogP contribution in [0.1, 0.15) is 30.2 Å². The third-order valence-electron chi connectivity index (χ3n) is 5.33. The molecule has 1 saturated heterocycles. The number of aromatic nitrogens is 3. The summed E-state index contributed by atoms with van der Waals surface area (Å²) in [6.45, 7) is 2.15. The monoisotopic (exact) mass is 476 g/mol. The first-order valence-electron chi connectivity index (χ1n) is 10.3. The van der Waals surface area contributed by atoms with Gasteiger partial charge >= 0.3 is 0 Å². The number of carbonyl (C=O) groups excluding carboxylic acids is 1. The van der Waals surface area contributed by atoms with E-state index < -0.39 is 0 Å². The van der Waals surface area contributed by atoms with Crippen molar-refractivity contribution in [2.75, 3.05) is 26.0 Å². The van der Waals surface area contributed by atoms with Gasteiger partial charge in [0.1, 0.15) is 0 Å². The number of rotatable bonds is 9. The maximum absolute atomic E-state index is 13.0. The molecule has 0 radical (unpaired) electrons. The minimum absolute atomic E-state index is 0.145. The second-order valence-corrected chi connectivity index (χ2v) is 9.66. The maximum atomic E-state index is 13.0. The predicted octanol–water partition coefficient (Wildman–Crippen LogP) is 5.15. The van der Waals surface area contributed by atoms with Crippen LogP contribution in [0.4, 0.5) is 0 Å². The first kappa shape index (κ1) is 22.3. The molecule has 1 atom stereocenters. The molecule has 6 nitrogen and oxygen atoms in total. The van der Waals surface area contributed by atoms with Gasteiger partial charge in [-0.15, -0.1) is 21.5 Å². The predicted molar refractivity (Wildman–Crippen MR) is 126 cm³/mol. The summed E-state index contributed by atoms with van der Waals surface area (Å²) < 4.78 is 7.26. The summed E-state index contributed by atoms with van der Waals surface area (Å²) >= 11 is 9.57. The van der Waals surface area contributed by atoms with Gasteiger partial charge in [-0.25, -0.2) is 0 Å². The lowest BCUT2D eigenvalue weighted by molar-refractivity contribution is -0.129. The number of amides is 1. The third kappa shape index (κ3) is 5.14. The molecule has 9 heteroatoms. The van der Waals surface area contributed by atoms with Crippen LogP contribution in [0, 0.1) is 0 Å². The normalized spacial score (nSPS) is 16.2. The Balaban J connectivity index is 1.50. The lowest BCUT2D eigenvalue weighted by atomic mass is 10.2. The third-order valence-corrected chi connectivity index (χ3v) is 7.59. The van der Waals surface area contributed by atoms with Gasteiger partial charge in [-0.3, -0.25) is 4.79 Å². The second-order valence-electron chi connectivity index (χ2n) is 7.33. The van der Waals surface area contributed by atoms with Gasteiger partial charge in [0.05, 0.1) is 16.8 Å². The molecular weight excluding hydrogens is 452 g/mol. The molecule has 1 aromatic carbocycles. The van der Waals surface area contributed by atoms with Crippen molar-refractivity contribution in [3.05, 3.63) is 51.7 Å². The molecule has 2 aromatic heterocycles. The fourth-order valence-electron chi connectivity index (χ4n) is 3.86. The number of likely N-dealkylation sites (tertiary alicyclic amines) is 1. The van der Waals surface area contributed by atoms with Gasteiger partial charge in [0.2, 0.25) is 5.91 Å². The molecule has 0 saturated carbocycles. The molecule has 0 N–H and O–H groups in total. The Bertz CT molecular complexity index is 1010. The van der Waals surface area contributed by atoms with Gasteiger partial charge in [-0.05, 0) is 42.8 Å². The highest BCUT2D eigenvalue weighted by Crippen LogP contribution is 2.35. The van der Waals surface area contributed by atoms with Crippen LogP contribution in [0.2, 0.25) is 5.02 Å². The van der Waals surface area contributed by atoms with Crippen molar-refractivity contribution in [1.82, 2.24) is 19.7 Å². The average molecular weight is 477 g/mol. The maximum Gasteiger partial charge on any atom is 0.233 e. The van der Waals surface area contributed by atoms with E-state index in [2.05, 4.69) is 27.7 Å². The number of methoxy groups -OCH3 is 1. The number of thiophene rings is 1. The van der Waals surface area contributed by atoms with Crippen LogP contribution in [0.3, 0.4) is 0 Å². The molecule has 0 bridgehead atoms. The Morgan fingerprint density at radius 2 is 2.16 bits per heavy atom. The molecule has 1 amide bonds. The molecule has 164 valence electrons. The minimum atomic E-state index is 0.145. The summed E-state index contributed by atoms with van der Waals surface area (Å²) in [5.41, 5.74) is 0.838. The van der Waals surface area contributed by atoms with Gasteiger partial charge in [0.25, 0.3) is 0 Å².